The highest BCUT2D eigenvalue weighted by atomic mass is 16.5. The highest BCUT2D eigenvalue weighted by Crippen LogP contribution is 2.30. The third-order valence-corrected chi connectivity index (χ3v) is 5.34. The summed E-state index contributed by atoms with van der Waals surface area (Å²) in [4.78, 5) is 12.6. The maximum absolute atomic E-state index is 12.6. The Hall–Kier alpha value is -3.58. The summed E-state index contributed by atoms with van der Waals surface area (Å²) in [6.07, 6.45) is 3.36. The second-order valence-corrected chi connectivity index (χ2v) is 7.65. The molecular weight excluding hydrogens is 418 g/mol. The molecule has 0 bridgehead atoms. The van der Waals surface area contributed by atoms with Crippen LogP contribution in [0.25, 0.3) is 11.8 Å². The molecule has 7 heteroatoms. The predicted octanol–water partition coefficient (Wildman–Crippen LogP) is 4.41. The number of aromatic nitrogens is 2. The molecule has 174 valence electrons. The van der Waals surface area contributed by atoms with Crippen LogP contribution in [-0.2, 0) is 9.53 Å². The molecule has 0 aliphatic carbocycles. The van der Waals surface area contributed by atoms with E-state index < -0.39 is 0 Å². The molecule has 2 aromatic carbocycles. The molecule has 1 amide bonds. The number of carbonyl (C=O) groups is 1. The Morgan fingerprint density at radius 1 is 1.09 bits per heavy atom. The van der Waals surface area contributed by atoms with Gasteiger partial charge < -0.3 is 19.5 Å². The van der Waals surface area contributed by atoms with Crippen LogP contribution in [0.3, 0.4) is 0 Å². The van der Waals surface area contributed by atoms with Gasteiger partial charge in [-0.2, -0.15) is 5.10 Å². The number of rotatable bonds is 10. The lowest BCUT2D eigenvalue weighted by Crippen LogP contribution is -2.24. The van der Waals surface area contributed by atoms with Crippen molar-refractivity contribution in [2.45, 2.75) is 26.8 Å². The van der Waals surface area contributed by atoms with Crippen molar-refractivity contribution in [3.05, 3.63) is 77.1 Å². The molecule has 0 radical (unpaired) electrons. The zero-order chi connectivity index (χ0) is 23.8. The zero-order valence-electron chi connectivity index (χ0n) is 19.8. The Balaban J connectivity index is 1.68. The summed E-state index contributed by atoms with van der Waals surface area (Å²) in [6, 6.07) is 15.3. The zero-order valence-corrected chi connectivity index (χ0v) is 19.8. The van der Waals surface area contributed by atoms with Crippen LogP contribution >= 0.6 is 0 Å². The number of nitrogens with zero attached hydrogens (tertiary/aromatic N) is 2. The fourth-order valence-electron chi connectivity index (χ4n) is 3.53. The summed E-state index contributed by atoms with van der Waals surface area (Å²) >= 11 is 0. The first-order valence-corrected chi connectivity index (χ1v) is 10.8. The van der Waals surface area contributed by atoms with Gasteiger partial charge in [0, 0.05) is 24.4 Å². The van der Waals surface area contributed by atoms with Crippen LogP contribution in [-0.4, -0.2) is 43.1 Å². The number of ether oxygens (including phenoxy) is 3. The highest BCUT2D eigenvalue weighted by Gasteiger charge is 2.14. The molecule has 3 aromatic rings. The smallest absolute Gasteiger partial charge is 0.244 e. The van der Waals surface area contributed by atoms with E-state index in [4.69, 9.17) is 14.2 Å². The highest BCUT2D eigenvalue weighted by molar-refractivity contribution is 5.92. The lowest BCUT2D eigenvalue weighted by molar-refractivity contribution is -0.117. The van der Waals surface area contributed by atoms with E-state index in [1.807, 2.05) is 80.1 Å². The molecule has 1 atom stereocenters. The maximum Gasteiger partial charge on any atom is 0.244 e. The second-order valence-electron chi connectivity index (χ2n) is 7.65. The maximum atomic E-state index is 12.6. The van der Waals surface area contributed by atoms with Crippen molar-refractivity contribution in [3.63, 3.8) is 0 Å². The van der Waals surface area contributed by atoms with Gasteiger partial charge in [-0.15, -0.1) is 0 Å². The molecular formula is C26H31N3O4. The molecule has 7 nitrogen and oxygen atoms in total. The van der Waals surface area contributed by atoms with E-state index in [2.05, 4.69) is 10.4 Å². The first-order valence-electron chi connectivity index (χ1n) is 10.8. The number of nitrogens with one attached hydrogen (secondary N) is 1. The second kappa shape index (κ2) is 11.3. The van der Waals surface area contributed by atoms with Gasteiger partial charge in [-0.05, 0) is 56.7 Å². The van der Waals surface area contributed by atoms with Gasteiger partial charge in [-0.25, -0.2) is 4.68 Å². The van der Waals surface area contributed by atoms with Gasteiger partial charge in [0.05, 0.1) is 31.1 Å². The summed E-state index contributed by atoms with van der Waals surface area (Å²) in [5.74, 6) is 1.06. The van der Waals surface area contributed by atoms with Crippen LogP contribution in [0.5, 0.6) is 11.5 Å². The Labute approximate surface area is 195 Å². The minimum Gasteiger partial charge on any atom is -0.493 e. The molecule has 0 aliphatic rings. The first kappa shape index (κ1) is 24.1. The van der Waals surface area contributed by atoms with E-state index in [1.54, 1.807) is 20.3 Å². The van der Waals surface area contributed by atoms with Crippen LogP contribution in [0.15, 0.2) is 54.6 Å². The van der Waals surface area contributed by atoms with Gasteiger partial charge in [0.2, 0.25) is 5.91 Å². The third kappa shape index (κ3) is 6.02. The minimum absolute atomic E-state index is 0.187. The number of para-hydroxylation sites is 1. The standard InChI is InChI=1S/C26H31N3O4/c1-18(21-11-13-24(25(17-21)32-5)33-16-15-31-4)27-26(30)14-12-23-19(2)28-29(20(23)3)22-9-7-6-8-10-22/h6-14,17-18H,15-16H2,1-5H3,(H,27,30)/b14-12+. The van der Waals surface area contributed by atoms with Crippen molar-refractivity contribution >= 4 is 12.0 Å². The SMILES string of the molecule is COCCOc1ccc(C(C)NC(=O)/C=C/c2c(C)nn(-c3ccccc3)c2C)cc1OC. The Kier molecular flexibility index (Phi) is 8.27. The molecule has 0 saturated heterocycles. The molecule has 1 N–H and O–H groups in total. The average molecular weight is 450 g/mol. The van der Waals surface area contributed by atoms with Gasteiger partial charge in [0.1, 0.15) is 6.61 Å². The summed E-state index contributed by atoms with van der Waals surface area (Å²) in [6.45, 7) is 6.79. The molecule has 0 spiro atoms. The monoisotopic (exact) mass is 449 g/mol. The first-order chi connectivity index (χ1) is 15.9. The molecule has 33 heavy (non-hydrogen) atoms. The van der Waals surface area contributed by atoms with Crippen molar-refractivity contribution in [2.75, 3.05) is 27.4 Å². The number of hydrogen-bond acceptors (Lipinski definition) is 5. The fourth-order valence-corrected chi connectivity index (χ4v) is 3.53. The third-order valence-electron chi connectivity index (χ3n) is 5.34. The summed E-state index contributed by atoms with van der Waals surface area (Å²) in [5, 5.41) is 7.62. The summed E-state index contributed by atoms with van der Waals surface area (Å²) in [5.41, 5.74) is 4.67. The quantitative estimate of drug-likeness (QED) is 0.367. The lowest BCUT2D eigenvalue weighted by Gasteiger charge is -2.16. The van der Waals surface area contributed by atoms with E-state index >= 15 is 0 Å². The van der Waals surface area contributed by atoms with Crippen molar-refractivity contribution in [3.8, 4) is 17.2 Å². The summed E-state index contributed by atoms with van der Waals surface area (Å²) in [7, 11) is 3.22. The molecule has 1 aromatic heterocycles. The molecule has 0 aliphatic heterocycles. The van der Waals surface area contributed by atoms with E-state index in [0.29, 0.717) is 24.7 Å². The Morgan fingerprint density at radius 3 is 2.55 bits per heavy atom. The van der Waals surface area contributed by atoms with Crippen LogP contribution < -0.4 is 14.8 Å². The molecule has 1 heterocycles. The van der Waals surface area contributed by atoms with E-state index in [-0.39, 0.29) is 11.9 Å². The molecule has 0 saturated carbocycles. The van der Waals surface area contributed by atoms with Crippen molar-refractivity contribution in [2.24, 2.45) is 0 Å². The average Bonchev–Trinajstić information content (AvgIpc) is 3.11. The van der Waals surface area contributed by atoms with Gasteiger partial charge in [-0.1, -0.05) is 24.3 Å². The van der Waals surface area contributed by atoms with E-state index in [9.17, 15) is 4.79 Å². The van der Waals surface area contributed by atoms with Crippen LogP contribution in [0, 0.1) is 13.8 Å². The molecule has 1 unspecified atom stereocenters. The number of methoxy groups -OCH3 is 2. The Bertz CT molecular complexity index is 1110. The summed E-state index contributed by atoms with van der Waals surface area (Å²) < 4.78 is 18.0. The van der Waals surface area contributed by atoms with Crippen molar-refractivity contribution in [1.82, 2.24) is 15.1 Å². The van der Waals surface area contributed by atoms with Crippen LogP contribution in [0.4, 0.5) is 0 Å². The number of carbonyl (C=O) groups excluding carboxylic acids is 1. The van der Waals surface area contributed by atoms with Crippen LogP contribution in [0.1, 0.15) is 35.5 Å². The number of benzene rings is 2. The number of hydrogen-bond donors (Lipinski definition) is 1. The van der Waals surface area contributed by atoms with Gasteiger partial charge in [0.25, 0.3) is 0 Å². The number of aryl methyl sites for hydroxylation is 1. The predicted molar refractivity (Wildman–Crippen MR) is 129 cm³/mol. The van der Waals surface area contributed by atoms with E-state index in [1.165, 1.54) is 0 Å². The van der Waals surface area contributed by atoms with Crippen molar-refractivity contribution < 1.29 is 19.0 Å². The van der Waals surface area contributed by atoms with Gasteiger partial charge in [0.15, 0.2) is 11.5 Å². The lowest BCUT2D eigenvalue weighted by atomic mass is 10.1. The topological polar surface area (TPSA) is 74.6 Å². The van der Waals surface area contributed by atoms with E-state index in [0.717, 1.165) is 28.2 Å². The molecule has 3 rings (SSSR count). The van der Waals surface area contributed by atoms with Gasteiger partial charge in [-0.3, -0.25) is 4.79 Å². The largest absolute Gasteiger partial charge is 0.493 e. The van der Waals surface area contributed by atoms with Gasteiger partial charge >= 0.3 is 0 Å². The fraction of sp³-hybridized carbons (Fsp3) is 0.308. The molecule has 0 fully saturated rings. The number of amides is 1. The van der Waals surface area contributed by atoms with Crippen molar-refractivity contribution in [1.29, 1.82) is 0 Å². The Morgan fingerprint density at radius 2 is 1.85 bits per heavy atom. The minimum atomic E-state index is -0.210. The van der Waals surface area contributed by atoms with Crippen LogP contribution in [0.2, 0.25) is 0 Å². The normalized spacial score (nSPS) is 12.0.